The molecule has 0 aliphatic carbocycles. The summed E-state index contributed by atoms with van der Waals surface area (Å²) in [6, 6.07) is 10.7. The van der Waals surface area contributed by atoms with Gasteiger partial charge in [-0.15, -0.1) is 11.3 Å². The van der Waals surface area contributed by atoms with E-state index in [0.29, 0.717) is 24.5 Å². The Morgan fingerprint density at radius 1 is 1.03 bits per heavy atom. The molecule has 0 unspecified atom stereocenters. The molecule has 12 heteroatoms. The first-order valence-corrected chi connectivity index (χ1v) is 13.1. The third-order valence-corrected chi connectivity index (χ3v) is 7.41. The van der Waals surface area contributed by atoms with Crippen LogP contribution >= 0.6 is 11.3 Å². The second kappa shape index (κ2) is 11.4. The second-order valence-corrected chi connectivity index (χ2v) is 10.4. The Bertz CT molecular complexity index is 1350. The maximum Gasteiger partial charge on any atom is 0.416 e. The summed E-state index contributed by atoms with van der Waals surface area (Å²) in [5.74, 6) is 1.49. The van der Waals surface area contributed by atoms with Crippen molar-refractivity contribution in [2.45, 2.75) is 25.7 Å². The Morgan fingerprint density at radius 2 is 1.76 bits per heavy atom. The van der Waals surface area contributed by atoms with Gasteiger partial charge >= 0.3 is 6.18 Å². The SMILES string of the molecule is CO[C@@H](COc1ccc2sc(C)nc2c1)CN1CCN(Cc2noc(-c3ccc(C(F)(F)F)cc3)n2)CC1. The number of hydrogen-bond acceptors (Lipinski definition) is 9. The van der Waals surface area contributed by atoms with Crippen molar-refractivity contribution in [2.24, 2.45) is 0 Å². The Balaban J connectivity index is 1.08. The number of nitrogens with zero attached hydrogens (tertiary/aromatic N) is 5. The zero-order valence-electron chi connectivity index (χ0n) is 21.1. The molecule has 0 amide bonds. The van der Waals surface area contributed by atoms with E-state index in [0.717, 1.165) is 65.8 Å². The van der Waals surface area contributed by atoms with E-state index in [1.807, 2.05) is 25.1 Å². The van der Waals surface area contributed by atoms with Gasteiger partial charge in [0.25, 0.3) is 5.89 Å². The summed E-state index contributed by atoms with van der Waals surface area (Å²) in [7, 11) is 1.70. The van der Waals surface area contributed by atoms with E-state index < -0.39 is 11.7 Å². The molecule has 1 fully saturated rings. The Morgan fingerprint density at radius 3 is 2.47 bits per heavy atom. The molecular formula is C26H28F3N5O3S. The fourth-order valence-electron chi connectivity index (χ4n) is 4.35. The number of fused-ring (bicyclic) bond motifs is 1. The summed E-state index contributed by atoms with van der Waals surface area (Å²) < 4.78 is 56.5. The van der Waals surface area contributed by atoms with E-state index in [-0.39, 0.29) is 12.0 Å². The topological polar surface area (TPSA) is 76.8 Å². The van der Waals surface area contributed by atoms with Gasteiger partial charge in [0.2, 0.25) is 0 Å². The fraction of sp³-hybridized carbons (Fsp3) is 0.423. The number of hydrogen-bond donors (Lipinski definition) is 0. The normalized spacial score (nSPS) is 16.2. The van der Waals surface area contributed by atoms with Crippen molar-refractivity contribution >= 4 is 21.6 Å². The van der Waals surface area contributed by atoms with Crippen LogP contribution < -0.4 is 4.74 Å². The first-order valence-electron chi connectivity index (χ1n) is 12.2. The Hall–Kier alpha value is -3.06. The Labute approximate surface area is 222 Å². The molecule has 3 heterocycles. The quantitative estimate of drug-likeness (QED) is 0.293. The lowest BCUT2D eigenvalue weighted by atomic mass is 10.1. The van der Waals surface area contributed by atoms with Gasteiger partial charge in [-0.3, -0.25) is 9.80 Å². The molecule has 2 aromatic heterocycles. The molecule has 2 aromatic carbocycles. The maximum atomic E-state index is 12.8. The van der Waals surface area contributed by atoms with Crippen LogP contribution in [0.15, 0.2) is 47.0 Å². The third kappa shape index (κ3) is 6.49. The van der Waals surface area contributed by atoms with Crippen molar-refractivity contribution in [3.05, 3.63) is 58.9 Å². The minimum atomic E-state index is -4.38. The lowest BCUT2D eigenvalue weighted by Crippen LogP contribution is -2.49. The minimum Gasteiger partial charge on any atom is -0.491 e. The van der Waals surface area contributed by atoms with E-state index in [2.05, 4.69) is 24.9 Å². The number of halogens is 3. The van der Waals surface area contributed by atoms with Crippen LogP contribution in [0.2, 0.25) is 0 Å². The molecule has 1 aliphatic rings. The Kier molecular flexibility index (Phi) is 7.93. The number of piperazine rings is 1. The molecule has 202 valence electrons. The number of aryl methyl sites for hydroxylation is 1. The van der Waals surface area contributed by atoms with Crippen LogP contribution in [0.25, 0.3) is 21.7 Å². The fourth-order valence-corrected chi connectivity index (χ4v) is 5.16. The molecular weight excluding hydrogens is 519 g/mol. The number of alkyl halides is 3. The molecule has 0 bridgehead atoms. The van der Waals surface area contributed by atoms with Gasteiger partial charge in [-0.25, -0.2) is 4.98 Å². The van der Waals surface area contributed by atoms with Gasteiger partial charge in [-0.2, -0.15) is 18.2 Å². The van der Waals surface area contributed by atoms with Gasteiger partial charge in [0, 0.05) is 51.5 Å². The summed E-state index contributed by atoms with van der Waals surface area (Å²) in [6.45, 7) is 7.05. The monoisotopic (exact) mass is 547 g/mol. The van der Waals surface area contributed by atoms with E-state index >= 15 is 0 Å². The molecule has 8 nitrogen and oxygen atoms in total. The average Bonchev–Trinajstić information content (AvgIpc) is 3.52. The molecule has 4 aromatic rings. The number of benzene rings is 2. The summed E-state index contributed by atoms with van der Waals surface area (Å²) in [6.07, 6.45) is -4.45. The average molecular weight is 548 g/mol. The van der Waals surface area contributed by atoms with Gasteiger partial charge < -0.3 is 14.0 Å². The standard InChI is InChI=1S/C26H28F3N5O3S/c1-17-30-22-13-20(7-8-23(22)38-17)36-16-21(35-2)14-33-9-11-34(12-10-33)15-24-31-25(37-32-24)18-3-5-19(6-4-18)26(27,28)29/h3-8,13,21H,9-12,14-16H2,1-2H3/t21-/m1/s1. The van der Waals surface area contributed by atoms with Crippen molar-refractivity contribution in [1.82, 2.24) is 24.9 Å². The summed E-state index contributed by atoms with van der Waals surface area (Å²) in [5, 5.41) is 5.04. The van der Waals surface area contributed by atoms with Crippen LogP contribution in [0.3, 0.4) is 0 Å². The van der Waals surface area contributed by atoms with Gasteiger partial charge in [-0.05, 0) is 43.3 Å². The first kappa shape index (κ1) is 26.5. The van der Waals surface area contributed by atoms with Gasteiger partial charge in [-0.1, -0.05) is 5.16 Å². The molecule has 1 atom stereocenters. The van der Waals surface area contributed by atoms with Gasteiger partial charge in [0.05, 0.1) is 27.3 Å². The molecule has 0 saturated carbocycles. The summed E-state index contributed by atoms with van der Waals surface area (Å²) in [4.78, 5) is 13.4. The minimum absolute atomic E-state index is 0.0714. The highest BCUT2D eigenvalue weighted by Gasteiger charge is 2.30. The van der Waals surface area contributed by atoms with E-state index in [4.69, 9.17) is 14.0 Å². The third-order valence-electron chi connectivity index (χ3n) is 6.45. The van der Waals surface area contributed by atoms with Crippen molar-refractivity contribution < 1.29 is 27.2 Å². The van der Waals surface area contributed by atoms with E-state index in [1.54, 1.807) is 18.4 Å². The molecule has 5 rings (SSSR count). The summed E-state index contributed by atoms with van der Waals surface area (Å²) in [5.41, 5.74) is 0.688. The molecule has 0 N–H and O–H groups in total. The van der Waals surface area contributed by atoms with Gasteiger partial charge in [0.1, 0.15) is 18.5 Å². The van der Waals surface area contributed by atoms with Crippen LogP contribution in [0, 0.1) is 6.92 Å². The number of methoxy groups -OCH3 is 1. The highest BCUT2D eigenvalue weighted by molar-refractivity contribution is 7.18. The van der Waals surface area contributed by atoms with Crippen LogP contribution in [-0.4, -0.2) is 77.5 Å². The predicted molar refractivity (Wildman–Crippen MR) is 137 cm³/mol. The lowest BCUT2D eigenvalue weighted by Gasteiger charge is -2.35. The molecule has 1 aliphatic heterocycles. The lowest BCUT2D eigenvalue weighted by molar-refractivity contribution is -0.137. The second-order valence-electron chi connectivity index (χ2n) is 9.20. The van der Waals surface area contributed by atoms with Crippen LogP contribution in [0.5, 0.6) is 5.75 Å². The predicted octanol–water partition coefficient (Wildman–Crippen LogP) is 4.89. The van der Waals surface area contributed by atoms with E-state index in [9.17, 15) is 13.2 Å². The van der Waals surface area contributed by atoms with Crippen molar-refractivity contribution in [1.29, 1.82) is 0 Å². The van der Waals surface area contributed by atoms with Crippen molar-refractivity contribution in [3.63, 3.8) is 0 Å². The van der Waals surface area contributed by atoms with Crippen molar-refractivity contribution in [3.8, 4) is 17.2 Å². The number of aromatic nitrogens is 3. The molecule has 0 radical (unpaired) electrons. The number of rotatable bonds is 9. The highest BCUT2D eigenvalue weighted by Crippen LogP contribution is 2.31. The number of ether oxygens (including phenoxy) is 2. The molecule has 0 spiro atoms. The van der Waals surface area contributed by atoms with Crippen molar-refractivity contribution in [2.75, 3.05) is 46.4 Å². The zero-order chi connectivity index (χ0) is 26.7. The van der Waals surface area contributed by atoms with Crippen LogP contribution in [-0.2, 0) is 17.5 Å². The smallest absolute Gasteiger partial charge is 0.416 e. The summed E-state index contributed by atoms with van der Waals surface area (Å²) >= 11 is 1.67. The largest absolute Gasteiger partial charge is 0.491 e. The zero-order valence-corrected chi connectivity index (χ0v) is 21.9. The molecule has 1 saturated heterocycles. The number of thiazole rings is 1. The molecule has 38 heavy (non-hydrogen) atoms. The van der Waals surface area contributed by atoms with Gasteiger partial charge in [0.15, 0.2) is 5.82 Å². The van der Waals surface area contributed by atoms with Crippen LogP contribution in [0.1, 0.15) is 16.4 Å². The van der Waals surface area contributed by atoms with Crippen LogP contribution in [0.4, 0.5) is 13.2 Å². The highest BCUT2D eigenvalue weighted by atomic mass is 32.1. The first-order chi connectivity index (χ1) is 18.3. The van der Waals surface area contributed by atoms with E-state index in [1.165, 1.54) is 12.1 Å². The maximum absolute atomic E-state index is 12.8.